The largest absolute Gasteiger partial charge is 0.313 e. The molecule has 1 saturated carbocycles. The summed E-state index contributed by atoms with van der Waals surface area (Å²) in [5.74, 6) is 2.79. The maximum absolute atomic E-state index is 3.72. The summed E-state index contributed by atoms with van der Waals surface area (Å²) in [7, 11) is 0. The molecule has 1 N–H and O–H groups in total. The summed E-state index contributed by atoms with van der Waals surface area (Å²) in [6, 6.07) is 2.65. The van der Waals surface area contributed by atoms with Crippen LogP contribution in [0, 0.1) is 0 Å². The Morgan fingerprint density at radius 3 is 2.35 bits per heavy atom. The van der Waals surface area contributed by atoms with Crippen molar-refractivity contribution in [3.63, 3.8) is 0 Å². The van der Waals surface area contributed by atoms with Crippen LogP contribution < -0.4 is 5.32 Å². The number of hydrogen-bond donors (Lipinski definition) is 1. The predicted octanol–water partition coefficient (Wildman–Crippen LogP) is 2.49. The van der Waals surface area contributed by atoms with Gasteiger partial charge in [0.15, 0.2) is 0 Å². The van der Waals surface area contributed by atoms with Gasteiger partial charge in [0.1, 0.15) is 0 Å². The second kappa shape index (κ2) is 5.94. The molecule has 3 heteroatoms. The first-order valence-electron chi connectivity index (χ1n) is 7.50. The summed E-state index contributed by atoms with van der Waals surface area (Å²) in [6.45, 7) is 2.59. The highest BCUT2D eigenvalue weighted by Crippen LogP contribution is 2.33. The van der Waals surface area contributed by atoms with Gasteiger partial charge in [0.2, 0.25) is 0 Å². The maximum atomic E-state index is 3.72. The summed E-state index contributed by atoms with van der Waals surface area (Å²) < 4.78 is 0. The average Bonchev–Trinajstić information content (AvgIpc) is 3.23. The second-order valence-electron chi connectivity index (χ2n) is 5.92. The van der Waals surface area contributed by atoms with Gasteiger partial charge >= 0.3 is 0 Å². The zero-order chi connectivity index (χ0) is 11.5. The number of nitrogens with zero attached hydrogens (tertiary/aromatic N) is 1. The Hall–Kier alpha value is 0.270. The Balaban J connectivity index is 1.55. The molecule has 0 aromatic carbocycles. The van der Waals surface area contributed by atoms with E-state index in [4.69, 9.17) is 0 Å². The molecular formula is C14H26N2S. The van der Waals surface area contributed by atoms with Crippen LogP contribution in [0.2, 0.25) is 0 Å². The molecule has 0 aromatic rings. The molecule has 98 valence electrons. The van der Waals surface area contributed by atoms with E-state index < -0.39 is 0 Å². The van der Waals surface area contributed by atoms with E-state index >= 15 is 0 Å². The highest BCUT2D eigenvalue weighted by atomic mass is 32.2. The Morgan fingerprint density at radius 1 is 0.941 bits per heavy atom. The number of hydrogen-bond acceptors (Lipinski definition) is 3. The van der Waals surface area contributed by atoms with Gasteiger partial charge in [0.25, 0.3) is 0 Å². The summed E-state index contributed by atoms with van der Waals surface area (Å²) >= 11 is 2.15. The lowest BCUT2D eigenvalue weighted by Crippen LogP contribution is -2.49. The topological polar surface area (TPSA) is 15.3 Å². The molecular weight excluding hydrogens is 228 g/mol. The van der Waals surface area contributed by atoms with Crippen LogP contribution in [0.5, 0.6) is 0 Å². The van der Waals surface area contributed by atoms with Crippen molar-refractivity contribution in [3.05, 3.63) is 0 Å². The molecule has 3 fully saturated rings. The van der Waals surface area contributed by atoms with Crippen molar-refractivity contribution in [3.8, 4) is 0 Å². The van der Waals surface area contributed by atoms with Gasteiger partial charge in [-0.05, 0) is 56.6 Å². The third-order valence-electron chi connectivity index (χ3n) is 4.52. The molecule has 2 aliphatic heterocycles. The minimum absolute atomic E-state index is 0.791. The van der Waals surface area contributed by atoms with E-state index in [1.165, 1.54) is 69.5 Å². The maximum Gasteiger partial charge on any atom is 0.0195 e. The Morgan fingerprint density at radius 2 is 1.71 bits per heavy atom. The Kier molecular flexibility index (Phi) is 4.30. The molecule has 2 saturated heterocycles. The fraction of sp³-hybridized carbons (Fsp3) is 1.00. The van der Waals surface area contributed by atoms with Crippen molar-refractivity contribution in [1.29, 1.82) is 0 Å². The first kappa shape index (κ1) is 12.3. The van der Waals surface area contributed by atoms with Crippen molar-refractivity contribution < 1.29 is 0 Å². The quantitative estimate of drug-likeness (QED) is 0.830. The van der Waals surface area contributed by atoms with Crippen molar-refractivity contribution >= 4 is 11.8 Å². The zero-order valence-corrected chi connectivity index (χ0v) is 11.7. The monoisotopic (exact) mass is 254 g/mol. The number of thioether (sulfide) groups is 1. The van der Waals surface area contributed by atoms with Crippen LogP contribution in [-0.2, 0) is 0 Å². The number of piperidine rings is 1. The van der Waals surface area contributed by atoms with Gasteiger partial charge in [0.05, 0.1) is 0 Å². The highest BCUT2D eigenvalue weighted by molar-refractivity contribution is 7.99. The van der Waals surface area contributed by atoms with Gasteiger partial charge < -0.3 is 5.32 Å². The van der Waals surface area contributed by atoms with E-state index in [-0.39, 0.29) is 0 Å². The van der Waals surface area contributed by atoms with Gasteiger partial charge in [-0.15, -0.1) is 0 Å². The first-order valence-corrected chi connectivity index (χ1v) is 8.66. The number of rotatable bonds is 4. The fourth-order valence-corrected chi connectivity index (χ4v) is 4.44. The van der Waals surface area contributed by atoms with Crippen LogP contribution >= 0.6 is 11.8 Å². The van der Waals surface area contributed by atoms with Gasteiger partial charge in [-0.25, -0.2) is 0 Å². The molecule has 3 rings (SSSR count). The van der Waals surface area contributed by atoms with Gasteiger partial charge in [-0.2, -0.15) is 11.8 Å². The summed E-state index contributed by atoms with van der Waals surface area (Å²) in [4.78, 5) is 2.88. The van der Waals surface area contributed by atoms with Crippen LogP contribution in [0.3, 0.4) is 0 Å². The van der Waals surface area contributed by atoms with E-state index in [1.54, 1.807) is 0 Å². The summed E-state index contributed by atoms with van der Waals surface area (Å²) in [6.07, 6.45) is 10.1. The van der Waals surface area contributed by atoms with Gasteiger partial charge in [0, 0.05) is 24.7 Å². The lowest BCUT2D eigenvalue weighted by Gasteiger charge is -2.38. The van der Waals surface area contributed by atoms with Crippen LogP contribution in [0.4, 0.5) is 0 Å². The minimum Gasteiger partial charge on any atom is -0.313 e. The van der Waals surface area contributed by atoms with Gasteiger partial charge in [-0.1, -0.05) is 6.42 Å². The van der Waals surface area contributed by atoms with Crippen molar-refractivity contribution in [2.45, 2.75) is 63.1 Å². The van der Waals surface area contributed by atoms with E-state index in [2.05, 4.69) is 22.0 Å². The molecule has 2 nitrogen and oxygen atoms in total. The molecule has 0 bridgehead atoms. The van der Waals surface area contributed by atoms with E-state index in [1.807, 2.05) is 0 Å². The molecule has 0 radical (unpaired) electrons. The highest BCUT2D eigenvalue weighted by Gasteiger charge is 2.35. The molecule has 1 atom stereocenters. The molecule has 17 heavy (non-hydrogen) atoms. The van der Waals surface area contributed by atoms with Crippen molar-refractivity contribution in [1.82, 2.24) is 10.2 Å². The summed E-state index contributed by atoms with van der Waals surface area (Å²) in [5, 5.41) is 3.72. The summed E-state index contributed by atoms with van der Waals surface area (Å²) in [5.41, 5.74) is 0. The molecule has 1 aliphatic carbocycles. The lowest BCUT2D eigenvalue weighted by molar-refractivity contribution is 0.148. The van der Waals surface area contributed by atoms with Crippen LogP contribution in [-0.4, -0.2) is 47.6 Å². The smallest absolute Gasteiger partial charge is 0.0195 e. The third-order valence-corrected chi connectivity index (χ3v) is 5.57. The average molecular weight is 254 g/mol. The molecule has 0 amide bonds. The van der Waals surface area contributed by atoms with Crippen molar-refractivity contribution in [2.24, 2.45) is 0 Å². The predicted molar refractivity (Wildman–Crippen MR) is 75.7 cm³/mol. The van der Waals surface area contributed by atoms with Crippen LogP contribution in [0.15, 0.2) is 0 Å². The van der Waals surface area contributed by atoms with E-state index in [0.29, 0.717) is 0 Å². The molecule has 0 spiro atoms. The standard InChI is InChI=1S/C14H26N2S/c1-2-8-15-12(3-1)11-16(13-4-5-13)14-6-9-17-10-7-14/h12-15H,1-11H2. The SMILES string of the molecule is C1CCC(CN(C2CCSCC2)C2CC2)NC1. The third kappa shape index (κ3) is 3.39. The Bertz CT molecular complexity index is 230. The lowest BCUT2D eigenvalue weighted by atomic mass is 10.0. The zero-order valence-electron chi connectivity index (χ0n) is 10.9. The second-order valence-corrected chi connectivity index (χ2v) is 7.14. The first-order chi connectivity index (χ1) is 8.43. The van der Waals surface area contributed by atoms with Crippen molar-refractivity contribution in [2.75, 3.05) is 24.6 Å². The molecule has 0 aromatic heterocycles. The molecule has 2 heterocycles. The van der Waals surface area contributed by atoms with Gasteiger partial charge in [-0.3, -0.25) is 4.90 Å². The minimum atomic E-state index is 0.791. The Labute approximate surface area is 110 Å². The molecule has 3 aliphatic rings. The fourth-order valence-electron chi connectivity index (χ4n) is 3.35. The van der Waals surface area contributed by atoms with E-state index in [0.717, 1.165) is 18.1 Å². The van der Waals surface area contributed by atoms with Crippen LogP contribution in [0.1, 0.15) is 44.9 Å². The normalized spacial score (nSPS) is 31.9. The molecule has 1 unspecified atom stereocenters. The number of nitrogens with one attached hydrogen (secondary N) is 1. The van der Waals surface area contributed by atoms with E-state index in [9.17, 15) is 0 Å². The van der Waals surface area contributed by atoms with Crippen LogP contribution in [0.25, 0.3) is 0 Å².